The van der Waals surface area contributed by atoms with Crippen molar-refractivity contribution in [2.45, 2.75) is 57.5 Å². The summed E-state index contributed by atoms with van der Waals surface area (Å²) in [5.41, 5.74) is 2.13. The van der Waals surface area contributed by atoms with Crippen LogP contribution in [-0.2, 0) is 11.2 Å². The zero-order valence-corrected chi connectivity index (χ0v) is 22.1. The van der Waals surface area contributed by atoms with Crippen molar-refractivity contribution in [3.63, 3.8) is 0 Å². The summed E-state index contributed by atoms with van der Waals surface area (Å²) in [6, 6.07) is 14.2. The molecule has 1 N–H and O–H groups in total. The molecule has 4 rings (SSSR count). The van der Waals surface area contributed by atoms with Gasteiger partial charge < -0.3 is 14.7 Å². The molecule has 0 unspecified atom stereocenters. The van der Waals surface area contributed by atoms with Gasteiger partial charge in [-0.05, 0) is 111 Å². The lowest BCUT2D eigenvalue weighted by Gasteiger charge is -2.39. The number of benzene rings is 2. The van der Waals surface area contributed by atoms with E-state index in [4.69, 9.17) is 4.74 Å². The summed E-state index contributed by atoms with van der Waals surface area (Å²) < 4.78 is 34.7. The average molecular weight is 525 g/mol. The molecule has 7 heteroatoms. The van der Waals surface area contributed by atoms with Crippen molar-refractivity contribution in [1.82, 2.24) is 9.88 Å². The molecule has 3 aromatic rings. The third kappa shape index (κ3) is 7.50. The summed E-state index contributed by atoms with van der Waals surface area (Å²) in [4.78, 5) is 18.1. The molecule has 0 amide bonds. The molecule has 0 aliphatic carbocycles. The van der Waals surface area contributed by atoms with Crippen molar-refractivity contribution >= 4 is 16.9 Å². The van der Waals surface area contributed by atoms with Crippen LogP contribution in [-0.4, -0.2) is 47.7 Å². The third-order valence-corrected chi connectivity index (χ3v) is 7.94. The lowest BCUT2D eigenvalue weighted by molar-refractivity contribution is -0.137. The van der Waals surface area contributed by atoms with Gasteiger partial charge in [0.05, 0.1) is 12.6 Å². The Kier molecular flexibility index (Phi) is 10.0. The van der Waals surface area contributed by atoms with Gasteiger partial charge in [-0.3, -0.25) is 9.78 Å². The van der Waals surface area contributed by atoms with Crippen molar-refractivity contribution < 1.29 is 23.4 Å². The number of carboxylic acid groups (broad SMARTS) is 1. The van der Waals surface area contributed by atoms with Crippen LogP contribution in [0, 0.1) is 17.7 Å². The molecule has 0 saturated carbocycles. The van der Waals surface area contributed by atoms with Crippen molar-refractivity contribution in [1.29, 1.82) is 0 Å². The van der Waals surface area contributed by atoms with Crippen molar-refractivity contribution in [2.24, 2.45) is 11.8 Å². The molecular weight excluding hydrogens is 486 g/mol. The fourth-order valence-corrected chi connectivity index (χ4v) is 5.79. The van der Waals surface area contributed by atoms with Gasteiger partial charge in [-0.2, -0.15) is 0 Å². The zero-order valence-electron chi connectivity index (χ0n) is 22.1. The number of carbonyl (C=O) groups is 1. The highest BCUT2D eigenvalue weighted by Crippen LogP contribution is 2.36. The molecule has 0 bridgehead atoms. The van der Waals surface area contributed by atoms with E-state index < -0.39 is 12.1 Å². The summed E-state index contributed by atoms with van der Waals surface area (Å²) in [5.74, 6) is 0.269. The number of aliphatic carboxylic acids is 1. The second-order valence-electron chi connectivity index (χ2n) is 10.4. The number of aryl methyl sites for hydroxylation is 1. The van der Waals surface area contributed by atoms with E-state index in [0.717, 1.165) is 68.2 Å². The molecule has 1 aliphatic heterocycles. The van der Waals surface area contributed by atoms with E-state index in [1.807, 2.05) is 30.3 Å². The van der Waals surface area contributed by atoms with E-state index >= 15 is 4.39 Å². The first-order valence-corrected chi connectivity index (χ1v) is 13.7. The number of hydrogen-bond donors (Lipinski definition) is 1. The van der Waals surface area contributed by atoms with Crippen molar-refractivity contribution in [3.8, 4) is 5.75 Å². The van der Waals surface area contributed by atoms with Gasteiger partial charge in [-0.1, -0.05) is 18.2 Å². The number of unbranched alkanes of at least 4 members (excludes halogenated alkanes) is 1. The maximum atomic E-state index is 15.5. The number of carboxylic acids is 1. The summed E-state index contributed by atoms with van der Waals surface area (Å²) in [6.45, 7) is 2.69. The van der Waals surface area contributed by atoms with E-state index in [1.165, 1.54) is 6.07 Å². The van der Waals surface area contributed by atoms with E-state index in [0.29, 0.717) is 30.1 Å². The van der Waals surface area contributed by atoms with Crippen LogP contribution in [0.4, 0.5) is 8.78 Å². The van der Waals surface area contributed by atoms with Gasteiger partial charge >= 0.3 is 5.97 Å². The molecule has 1 saturated heterocycles. The number of fused-ring (bicyclic) bond motifs is 1. The summed E-state index contributed by atoms with van der Waals surface area (Å²) >= 11 is 0. The molecule has 2 aromatic carbocycles. The van der Waals surface area contributed by atoms with Crippen LogP contribution in [0.15, 0.2) is 54.7 Å². The van der Waals surface area contributed by atoms with Crippen LogP contribution in [0.1, 0.15) is 62.2 Å². The summed E-state index contributed by atoms with van der Waals surface area (Å²) in [5, 5.41) is 10.1. The molecule has 5 nitrogen and oxygen atoms in total. The number of alkyl halides is 1. The predicted molar refractivity (Wildman–Crippen MR) is 146 cm³/mol. The van der Waals surface area contributed by atoms with Gasteiger partial charge in [0, 0.05) is 24.5 Å². The number of rotatable bonds is 13. The molecule has 1 aliphatic rings. The number of nitrogens with zero attached hydrogens (tertiary/aromatic N) is 2. The minimum atomic E-state index is -1.12. The predicted octanol–water partition coefficient (Wildman–Crippen LogP) is 7.00. The lowest BCUT2D eigenvalue weighted by atomic mass is 9.79. The summed E-state index contributed by atoms with van der Waals surface area (Å²) in [6.07, 6.45) is 5.93. The van der Waals surface area contributed by atoms with Crippen LogP contribution in [0.5, 0.6) is 5.75 Å². The van der Waals surface area contributed by atoms with E-state index in [9.17, 15) is 14.3 Å². The molecule has 1 fully saturated rings. The minimum Gasteiger partial charge on any atom is -0.497 e. The quantitative estimate of drug-likeness (QED) is 0.244. The largest absolute Gasteiger partial charge is 0.497 e. The minimum absolute atomic E-state index is 0.135. The number of pyridine rings is 1. The van der Waals surface area contributed by atoms with Crippen LogP contribution in [0.25, 0.3) is 10.9 Å². The van der Waals surface area contributed by atoms with E-state index in [-0.39, 0.29) is 18.2 Å². The molecule has 204 valence electrons. The second kappa shape index (κ2) is 13.7. The SMILES string of the molecule is COc1ccc2nccc([C@H](F)CC[C@@H]3CCN(CCCCc4ccccc4F)C[C@H]3CCC(=O)O)c2c1. The normalized spacial score (nSPS) is 18.9. The van der Waals surface area contributed by atoms with Gasteiger partial charge in [0.1, 0.15) is 17.7 Å². The number of halogens is 2. The molecular formula is C31H38F2N2O3. The van der Waals surface area contributed by atoms with Gasteiger partial charge in [0.15, 0.2) is 0 Å². The van der Waals surface area contributed by atoms with Gasteiger partial charge in [0.25, 0.3) is 0 Å². The van der Waals surface area contributed by atoms with E-state index in [1.54, 1.807) is 25.4 Å². The Bertz CT molecular complexity index is 1200. The second-order valence-corrected chi connectivity index (χ2v) is 10.4. The maximum absolute atomic E-state index is 15.5. The van der Waals surface area contributed by atoms with Crippen LogP contribution in [0.3, 0.4) is 0 Å². The molecule has 38 heavy (non-hydrogen) atoms. The zero-order chi connectivity index (χ0) is 26.9. The summed E-state index contributed by atoms with van der Waals surface area (Å²) in [7, 11) is 1.59. The first kappa shape index (κ1) is 28.0. The fraction of sp³-hybridized carbons (Fsp3) is 0.484. The third-order valence-electron chi connectivity index (χ3n) is 7.94. The van der Waals surface area contributed by atoms with Crippen LogP contribution < -0.4 is 4.74 Å². The smallest absolute Gasteiger partial charge is 0.303 e. The Labute approximate surface area is 223 Å². The number of hydrogen-bond acceptors (Lipinski definition) is 4. The number of aromatic nitrogens is 1. The Hall–Kier alpha value is -3.06. The number of piperidine rings is 1. The molecule has 3 atom stereocenters. The van der Waals surface area contributed by atoms with E-state index in [2.05, 4.69) is 9.88 Å². The topological polar surface area (TPSA) is 62.7 Å². The highest BCUT2D eigenvalue weighted by Gasteiger charge is 2.30. The Balaban J connectivity index is 1.32. The van der Waals surface area contributed by atoms with Crippen LogP contribution in [0.2, 0.25) is 0 Å². The number of methoxy groups -OCH3 is 1. The first-order chi connectivity index (χ1) is 18.4. The lowest BCUT2D eigenvalue weighted by Crippen LogP contribution is -2.41. The fourth-order valence-electron chi connectivity index (χ4n) is 5.79. The first-order valence-electron chi connectivity index (χ1n) is 13.7. The number of likely N-dealkylation sites (tertiary alicyclic amines) is 1. The Morgan fingerprint density at radius 1 is 1.16 bits per heavy atom. The molecule has 2 heterocycles. The molecule has 0 spiro atoms. The van der Waals surface area contributed by atoms with Gasteiger partial charge in [-0.15, -0.1) is 0 Å². The molecule has 1 aromatic heterocycles. The highest BCUT2D eigenvalue weighted by molar-refractivity contribution is 5.83. The number of ether oxygens (including phenoxy) is 1. The van der Waals surface area contributed by atoms with Gasteiger partial charge in [0.2, 0.25) is 0 Å². The highest BCUT2D eigenvalue weighted by atomic mass is 19.1. The maximum Gasteiger partial charge on any atom is 0.303 e. The average Bonchev–Trinajstić information content (AvgIpc) is 2.93. The Morgan fingerprint density at radius 3 is 2.79 bits per heavy atom. The standard InChI is InChI=1S/C31H38F2N2O3/c1-38-25-11-13-30-27(20-25)26(15-17-34-30)29(33)12-9-22-16-19-35(21-24(22)10-14-31(36)37)18-5-4-7-23-6-2-3-8-28(23)32/h2-3,6,8,11,13,15,17,20,22,24,29H,4-5,7,9-10,12,14,16,18-19,21H2,1H3,(H,36,37)/t22-,24-,29-/m1/s1. The monoisotopic (exact) mass is 524 g/mol. The van der Waals surface area contributed by atoms with Crippen molar-refractivity contribution in [3.05, 3.63) is 71.7 Å². The van der Waals surface area contributed by atoms with Crippen molar-refractivity contribution in [2.75, 3.05) is 26.7 Å². The van der Waals surface area contributed by atoms with Gasteiger partial charge in [-0.25, -0.2) is 8.78 Å². The Morgan fingerprint density at radius 2 is 2.00 bits per heavy atom. The molecule has 0 radical (unpaired) electrons. The van der Waals surface area contributed by atoms with Crippen LogP contribution >= 0.6 is 0 Å².